The van der Waals surface area contributed by atoms with Gasteiger partial charge in [0.05, 0.1) is 6.54 Å². The van der Waals surface area contributed by atoms with Crippen molar-refractivity contribution in [3.05, 3.63) is 64.8 Å². The number of nitrogens with one attached hydrogen (secondary N) is 2. The second-order valence-corrected chi connectivity index (χ2v) is 6.26. The average Bonchev–Trinajstić information content (AvgIpc) is 3.27. The molecule has 3 heterocycles. The standard InChI is InChI=1S/C17H12BrN5O2/c18-12-1-2-13-11(7-12)8-14(21-13)17(24)20-9-15-22-16(23-25-15)10-3-5-19-6-4-10/h1-8,21H,9H2,(H,20,24). The van der Waals surface area contributed by atoms with Gasteiger partial charge in [0.2, 0.25) is 11.7 Å². The summed E-state index contributed by atoms with van der Waals surface area (Å²) in [4.78, 5) is 23.6. The lowest BCUT2D eigenvalue weighted by atomic mass is 10.2. The molecule has 0 fully saturated rings. The molecule has 0 bridgehead atoms. The molecule has 2 N–H and O–H groups in total. The van der Waals surface area contributed by atoms with Crippen molar-refractivity contribution < 1.29 is 9.32 Å². The molecule has 1 amide bonds. The van der Waals surface area contributed by atoms with E-state index in [1.54, 1.807) is 30.6 Å². The number of aromatic nitrogens is 4. The van der Waals surface area contributed by atoms with Crippen molar-refractivity contribution in [1.29, 1.82) is 0 Å². The van der Waals surface area contributed by atoms with Crippen LogP contribution in [0.2, 0.25) is 0 Å². The lowest BCUT2D eigenvalue weighted by Crippen LogP contribution is -2.23. The van der Waals surface area contributed by atoms with E-state index in [4.69, 9.17) is 4.52 Å². The highest BCUT2D eigenvalue weighted by molar-refractivity contribution is 9.10. The summed E-state index contributed by atoms with van der Waals surface area (Å²) >= 11 is 3.42. The lowest BCUT2D eigenvalue weighted by Gasteiger charge is -1.99. The van der Waals surface area contributed by atoms with Crippen LogP contribution < -0.4 is 5.32 Å². The number of aromatic amines is 1. The van der Waals surface area contributed by atoms with Gasteiger partial charge in [-0.1, -0.05) is 21.1 Å². The molecule has 4 rings (SSSR count). The summed E-state index contributed by atoms with van der Waals surface area (Å²) < 4.78 is 6.13. The molecule has 0 saturated heterocycles. The van der Waals surface area contributed by atoms with Crippen LogP contribution in [0.25, 0.3) is 22.3 Å². The summed E-state index contributed by atoms with van der Waals surface area (Å²) in [6.07, 6.45) is 3.31. The van der Waals surface area contributed by atoms with E-state index in [2.05, 4.69) is 41.4 Å². The molecule has 0 aliphatic carbocycles. The average molecular weight is 398 g/mol. The molecular formula is C17H12BrN5O2. The zero-order valence-electron chi connectivity index (χ0n) is 12.9. The normalized spacial score (nSPS) is 10.9. The number of hydrogen-bond acceptors (Lipinski definition) is 5. The lowest BCUT2D eigenvalue weighted by molar-refractivity contribution is 0.0942. The molecule has 7 nitrogen and oxygen atoms in total. The number of carbonyl (C=O) groups is 1. The van der Waals surface area contributed by atoms with Crippen molar-refractivity contribution in [3.63, 3.8) is 0 Å². The quantitative estimate of drug-likeness (QED) is 0.550. The predicted molar refractivity (Wildman–Crippen MR) is 94.7 cm³/mol. The van der Waals surface area contributed by atoms with Gasteiger partial charge in [-0.3, -0.25) is 9.78 Å². The molecule has 25 heavy (non-hydrogen) atoms. The zero-order valence-corrected chi connectivity index (χ0v) is 14.4. The van der Waals surface area contributed by atoms with Gasteiger partial charge < -0.3 is 14.8 Å². The second kappa shape index (κ2) is 6.48. The van der Waals surface area contributed by atoms with Gasteiger partial charge in [-0.25, -0.2) is 0 Å². The highest BCUT2D eigenvalue weighted by Gasteiger charge is 2.13. The Bertz CT molecular complexity index is 1040. The van der Waals surface area contributed by atoms with Crippen LogP contribution in [0.4, 0.5) is 0 Å². The fourth-order valence-corrected chi connectivity index (χ4v) is 2.80. The van der Waals surface area contributed by atoms with Crippen molar-refractivity contribution in [3.8, 4) is 11.4 Å². The molecular weight excluding hydrogens is 386 g/mol. The Hall–Kier alpha value is -3.00. The van der Waals surface area contributed by atoms with Crippen molar-refractivity contribution in [2.24, 2.45) is 0 Å². The first-order valence-corrected chi connectivity index (χ1v) is 8.28. The molecule has 0 spiro atoms. The number of carbonyl (C=O) groups excluding carboxylic acids is 1. The van der Waals surface area contributed by atoms with Crippen LogP contribution in [0.15, 0.2) is 57.8 Å². The highest BCUT2D eigenvalue weighted by atomic mass is 79.9. The first-order valence-electron chi connectivity index (χ1n) is 7.48. The molecule has 124 valence electrons. The van der Waals surface area contributed by atoms with Crippen LogP contribution in [-0.4, -0.2) is 26.0 Å². The van der Waals surface area contributed by atoms with Crippen LogP contribution in [0.1, 0.15) is 16.4 Å². The molecule has 0 saturated carbocycles. The third-order valence-electron chi connectivity index (χ3n) is 3.63. The molecule has 8 heteroatoms. The molecule has 4 aromatic rings. The van der Waals surface area contributed by atoms with Crippen molar-refractivity contribution in [1.82, 2.24) is 25.4 Å². The Labute approximate surface area is 150 Å². The molecule has 0 aliphatic rings. The number of pyridine rings is 1. The topological polar surface area (TPSA) is 96.7 Å². The van der Waals surface area contributed by atoms with E-state index in [-0.39, 0.29) is 12.5 Å². The number of H-pyrrole nitrogens is 1. The number of nitrogens with zero attached hydrogens (tertiary/aromatic N) is 3. The molecule has 0 radical (unpaired) electrons. The molecule has 0 unspecified atom stereocenters. The van der Waals surface area contributed by atoms with E-state index in [1.807, 2.05) is 18.2 Å². The molecule has 1 aromatic carbocycles. The van der Waals surface area contributed by atoms with E-state index in [0.717, 1.165) is 20.9 Å². The Morgan fingerprint density at radius 2 is 2.04 bits per heavy atom. The first-order chi connectivity index (χ1) is 12.2. The first kappa shape index (κ1) is 15.5. The van der Waals surface area contributed by atoms with E-state index >= 15 is 0 Å². The van der Waals surface area contributed by atoms with E-state index in [9.17, 15) is 4.79 Å². The number of rotatable bonds is 4. The summed E-state index contributed by atoms with van der Waals surface area (Å²) in [6, 6.07) is 11.1. The van der Waals surface area contributed by atoms with Gasteiger partial charge in [-0.2, -0.15) is 4.98 Å². The van der Waals surface area contributed by atoms with E-state index in [0.29, 0.717) is 17.4 Å². The maximum absolute atomic E-state index is 12.3. The van der Waals surface area contributed by atoms with Gasteiger partial charge in [-0.05, 0) is 36.4 Å². The fraction of sp³-hybridized carbons (Fsp3) is 0.0588. The van der Waals surface area contributed by atoms with Crippen molar-refractivity contribution in [2.75, 3.05) is 0 Å². The van der Waals surface area contributed by atoms with Crippen molar-refractivity contribution in [2.45, 2.75) is 6.54 Å². The summed E-state index contributed by atoms with van der Waals surface area (Å²) in [7, 11) is 0. The van der Waals surface area contributed by atoms with Crippen LogP contribution in [0.5, 0.6) is 0 Å². The maximum Gasteiger partial charge on any atom is 0.268 e. The third kappa shape index (κ3) is 3.29. The Balaban J connectivity index is 1.45. The monoisotopic (exact) mass is 397 g/mol. The largest absolute Gasteiger partial charge is 0.351 e. The minimum absolute atomic E-state index is 0.149. The molecule has 3 aromatic heterocycles. The van der Waals surface area contributed by atoms with Gasteiger partial charge >= 0.3 is 0 Å². The van der Waals surface area contributed by atoms with Crippen LogP contribution in [0, 0.1) is 0 Å². The Morgan fingerprint density at radius 3 is 2.88 bits per heavy atom. The van der Waals surface area contributed by atoms with Gasteiger partial charge in [0.15, 0.2) is 0 Å². The number of fused-ring (bicyclic) bond motifs is 1. The van der Waals surface area contributed by atoms with Gasteiger partial charge in [0.1, 0.15) is 5.69 Å². The zero-order chi connectivity index (χ0) is 17.2. The summed E-state index contributed by atoms with van der Waals surface area (Å²) in [5, 5.41) is 7.62. The Morgan fingerprint density at radius 1 is 1.20 bits per heavy atom. The minimum atomic E-state index is -0.240. The Kier molecular flexibility index (Phi) is 4.02. The smallest absolute Gasteiger partial charge is 0.268 e. The van der Waals surface area contributed by atoms with Crippen LogP contribution >= 0.6 is 15.9 Å². The third-order valence-corrected chi connectivity index (χ3v) is 4.13. The highest BCUT2D eigenvalue weighted by Crippen LogP contribution is 2.20. The van der Waals surface area contributed by atoms with Crippen LogP contribution in [-0.2, 0) is 6.54 Å². The van der Waals surface area contributed by atoms with E-state index < -0.39 is 0 Å². The summed E-state index contributed by atoms with van der Waals surface area (Å²) in [5.74, 6) is 0.553. The van der Waals surface area contributed by atoms with Crippen molar-refractivity contribution >= 4 is 32.7 Å². The summed E-state index contributed by atoms with van der Waals surface area (Å²) in [6.45, 7) is 0.149. The molecule has 0 aliphatic heterocycles. The van der Waals surface area contributed by atoms with Gasteiger partial charge in [0, 0.05) is 33.3 Å². The van der Waals surface area contributed by atoms with E-state index in [1.165, 1.54) is 0 Å². The fourth-order valence-electron chi connectivity index (χ4n) is 2.42. The number of benzene rings is 1. The van der Waals surface area contributed by atoms with Crippen LogP contribution in [0.3, 0.4) is 0 Å². The molecule has 0 atom stereocenters. The number of amides is 1. The van der Waals surface area contributed by atoms with Gasteiger partial charge in [-0.15, -0.1) is 0 Å². The number of halogens is 1. The summed E-state index contributed by atoms with van der Waals surface area (Å²) in [5.41, 5.74) is 2.17. The van der Waals surface area contributed by atoms with Gasteiger partial charge in [0.25, 0.3) is 5.91 Å². The minimum Gasteiger partial charge on any atom is -0.351 e. The second-order valence-electron chi connectivity index (χ2n) is 5.34. The SMILES string of the molecule is O=C(NCc1nc(-c2ccncc2)no1)c1cc2cc(Br)ccc2[nH]1. The number of hydrogen-bond donors (Lipinski definition) is 2. The predicted octanol–water partition coefficient (Wildman–Crippen LogP) is 3.31. The maximum atomic E-state index is 12.3.